The van der Waals surface area contributed by atoms with Crippen LogP contribution in [0.15, 0.2) is 12.3 Å². The smallest absolute Gasteiger partial charge is 0.251 e. The number of primary amides is 1. The molecule has 0 aromatic carbocycles. The molecule has 6 nitrogen and oxygen atoms in total. The van der Waals surface area contributed by atoms with Crippen molar-refractivity contribution < 1.29 is 4.79 Å². The molecule has 1 amide bonds. The Morgan fingerprint density at radius 2 is 2.17 bits per heavy atom. The number of aromatic amines is 1. The van der Waals surface area contributed by atoms with Gasteiger partial charge in [0.25, 0.3) is 5.91 Å². The molecule has 0 spiro atoms. The first-order valence-electron chi connectivity index (χ1n) is 5.68. The van der Waals surface area contributed by atoms with Crippen LogP contribution in [0.4, 0.5) is 0 Å². The van der Waals surface area contributed by atoms with E-state index < -0.39 is 5.91 Å². The molecule has 0 aliphatic heterocycles. The standard InChI is InChI=1S/C12H15N5O/c1-6(2)8-4-7(3)15-11(10(8)12(13)18)9-5-14-17-16-9/h4-6H,1-3H3,(H2,13,18)(H,14,16,17). The predicted molar refractivity (Wildman–Crippen MR) is 67.0 cm³/mol. The fraction of sp³-hybridized carbons (Fsp3) is 0.333. The lowest BCUT2D eigenvalue weighted by Gasteiger charge is -2.14. The molecule has 0 saturated heterocycles. The second kappa shape index (κ2) is 4.56. The molecule has 0 atom stereocenters. The van der Waals surface area contributed by atoms with Gasteiger partial charge in [-0.3, -0.25) is 9.78 Å². The van der Waals surface area contributed by atoms with Crippen LogP contribution < -0.4 is 5.73 Å². The Labute approximate surface area is 105 Å². The molecule has 2 heterocycles. The number of nitrogens with one attached hydrogen (secondary N) is 1. The molecular formula is C12H15N5O. The lowest BCUT2D eigenvalue weighted by atomic mass is 9.94. The number of aromatic nitrogens is 4. The summed E-state index contributed by atoms with van der Waals surface area (Å²) in [4.78, 5) is 16.0. The number of H-pyrrole nitrogens is 1. The van der Waals surface area contributed by atoms with Gasteiger partial charge in [0.05, 0.1) is 11.8 Å². The highest BCUT2D eigenvalue weighted by Crippen LogP contribution is 2.27. The van der Waals surface area contributed by atoms with Crippen molar-refractivity contribution in [3.8, 4) is 11.4 Å². The van der Waals surface area contributed by atoms with Crippen LogP contribution in [0, 0.1) is 6.92 Å². The molecule has 0 fully saturated rings. The predicted octanol–water partition coefficient (Wildman–Crippen LogP) is 1.40. The van der Waals surface area contributed by atoms with Crippen LogP contribution in [-0.2, 0) is 0 Å². The summed E-state index contributed by atoms with van der Waals surface area (Å²) in [5.41, 5.74) is 8.60. The van der Waals surface area contributed by atoms with Crippen molar-refractivity contribution in [2.75, 3.05) is 0 Å². The normalized spacial score (nSPS) is 10.9. The Hall–Kier alpha value is -2.24. The molecule has 2 aromatic rings. The van der Waals surface area contributed by atoms with Gasteiger partial charge >= 0.3 is 0 Å². The molecule has 0 radical (unpaired) electrons. The zero-order valence-electron chi connectivity index (χ0n) is 10.6. The number of pyridine rings is 1. The van der Waals surface area contributed by atoms with E-state index in [4.69, 9.17) is 5.73 Å². The third-order valence-corrected chi connectivity index (χ3v) is 2.70. The van der Waals surface area contributed by atoms with Crippen LogP contribution in [0.25, 0.3) is 11.4 Å². The average Bonchev–Trinajstić information content (AvgIpc) is 2.80. The van der Waals surface area contributed by atoms with Crippen LogP contribution in [0.5, 0.6) is 0 Å². The van der Waals surface area contributed by atoms with Crippen molar-refractivity contribution in [1.29, 1.82) is 0 Å². The summed E-state index contributed by atoms with van der Waals surface area (Å²) in [5, 5.41) is 10.2. The van der Waals surface area contributed by atoms with Crippen LogP contribution in [0.1, 0.15) is 41.4 Å². The minimum atomic E-state index is -0.496. The summed E-state index contributed by atoms with van der Waals surface area (Å²) in [6.45, 7) is 5.89. The van der Waals surface area contributed by atoms with Crippen molar-refractivity contribution in [3.05, 3.63) is 29.1 Å². The Morgan fingerprint density at radius 1 is 1.44 bits per heavy atom. The molecule has 0 unspecified atom stereocenters. The summed E-state index contributed by atoms with van der Waals surface area (Å²) in [6.07, 6.45) is 1.53. The number of nitrogens with zero attached hydrogens (tertiary/aromatic N) is 3. The van der Waals surface area contributed by atoms with Crippen LogP contribution >= 0.6 is 0 Å². The first kappa shape index (κ1) is 12.2. The van der Waals surface area contributed by atoms with Crippen molar-refractivity contribution in [2.24, 2.45) is 5.73 Å². The van der Waals surface area contributed by atoms with Gasteiger partial charge in [0.1, 0.15) is 11.4 Å². The Balaban J connectivity index is 2.75. The van der Waals surface area contributed by atoms with Gasteiger partial charge in [-0.1, -0.05) is 13.8 Å². The molecule has 94 valence electrons. The van der Waals surface area contributed by atoms with Gasteiger partial charge in [0, 0.05) is 5.69 Å². The van der Waals surface area contributed by atoms with E-state index in [2.05, 4.69) is 20.4 Å². The topological polar surface area (TPSA) is 97.6 Å². The van der Waals surface area contributed by atoms with Crippen LogP contribution in [0.2, 0.25) is 0 Å². The Bertz CT molecular complexity index is 574. The number of rotatable bonds is 3. The highest BCUT2D eigenvalue weighted by molar-refractivity contribution is 6.00. The quantitative estimate of drug-likeness (QED) is 0.853. The second-order valence-electron chi connectivity index (χ2n) is 4.45. The highest BCUT2D eigenvalue weighted by atomic mass is 16.1. The minimum absolute atomic E-state index is 0.180. The summed E-state index contributed by atoms with van der Waals surface area (Å²) >= 11 is 0. The summed E-state index contributed by atoms with van der Waals surface area (Å²) < 4.78 is 0. The van der Waals surface area contributed by atoms with Crippen molar-refractivity contribution in [1.82, 2.24) is 20.4 Å². The molecule has 3 N–H and O–H groups in total. The number of carbonyl (C=O) groups excluding carboxylic acids is 1. The summed E-state index contributed by atoms with van der Waals surface area (Å²) in [7, 11) is 0. The Kier molecular flexibility index (Phi) is 3.10. The molecule has 0 aliphatic carbocycles. The minimum Gasteiger partial charge on any atom is -0.366 e. The molecule has 2 rings (SSSR count). The van der Waals surface area contributed by atoms with Crippen molar-refractivity contribution in [2.45, 2.75) is 26.7 Å². The van der Waals surface area contributed by atoms with Gasteiger partial charge in [-0.25, -0.2) is 0 Å². The fourth-order valence-electron chi connectivity index (χ4n) is 1.91. The lowest BCUT2D eigenvalue weighted by molar-refractivity contribution is 0.0999. The first-order chi connectivity index (χ1) is 8.50. The maximum Gasteiger partial charge on any atom is 0.251 e. The van der Waals surface area contributed by atoms with Gasteiger partial charge in [-0.2, -0.15) is 15.4 Å². The SMILES string of the molecule is Cc1cc(C(C)C)c(C(N)=O)c(-c2cn[nH]n2)n1. The molecule has 0 saturated carbocycles. The van der Waals surface area contributed by atoms with E-state index in [0.29, 0.717) is 17.0 Å². The van der Waals surface area contributed by atoms with Gasteiger partial charge in [0.2, 0.25) is 0 Å². The second-order valence-corrected chi connectivity index (χ2v) is 4.45. The summed E-state index contributed by atoms with van der Waals surface area (Å²) in [5.74, 6) is -0.316. The number of nitrogens with two attached hydrogens (primary N) is 1. The van der Waals surface area contributed by atoms with E-state index in [1.54, 1.807) is 0 Å². The van der Waals surface area contributed by atoms with E-state index in [9.17, 15) is 4.79 Å². The number of hydrogen-bond donors (Lipinski definition) is 2. The van der Waals surface area contributed by atoms with E-state index >= 15 is 0 Å². The van der Waals surface area contributed by atoms with Crippen molar-refractivity contribution in [3.63, 3.8) is 0 Å². The van der Waals surface area contributed by atoms with E-state index in [0.717, 1.165) is 11.3 Å². The highest BCUT2D eigenvalue weighted by Gasteiger charge is 2.20. The number of aryl methyl sites for hydroxylation is 1. The molecular weight excluding hydrogens is 230 g/mol. The zero-order chi connectivity index (χ0) is 13.3. The van der Waals surface area contributed by atoms with Crippen molar-refractivity contribution >= 4 is 5.91 Å². The molecule has 0 aliphatic rings. The van der Waals surface area contributed by atoms with Gasteiger partial charge in [0.15, 0.2) is 0 Å². The van der Waals surface area contributed by atoms with Crippen LogP contribution in [0.3, 0.4) is 0 Å². The Morgan fingerprint density at radius 3 is 2.67 bits per heavy atom. The average molecular weight is 245 g/mol. The number of carbonyl (C=O) groups is 1. The lowest BCUT2D eigenvalue weighted by Crippen LogP contribution is -2.17. The number of amides is 1. The first-order valence-corrected chi connectivity index (χ1v) is 5.68. The molecule has 6 heteroatoms. The third-order valence-electron chi connectivity index (χ3n) is 2.70. The molecule has 18 heavy (non-hydrogen) atoms. The maximum atomic E-state index is 11.7. The van der Waals surface area contributed by atoms with Gasteiger partial charge < -0.3 is 5.73 Å². The fourth-order valence-corrected chi connectivity index (χ4v) is 1.91. The zero-order valence-corrected chi connectivity index (χ0v) is 10.6. The monoisotopic (exact) mass is 245 g/mol. The van der Waals surface area contributed by atoms with Gasteiger partial charge in [-0.15, -0.1) is 0 Å². The maximum absolute atomic E-state index is 11.7. The van der Waals surface area contributed by atoms with E-state index in [1.807, 2.05) is 26.8 Å². The van der Waals surface area contributed by atoms with Crippen LogP contribution in [-0.4, -0.2) is 26.3 Å². The summed E-state index contributed by atoms with van der Waals surface area (Å²) in [6, 6.07) is 1.88. The largest absolute Gasteiger partial charge is 0.366 e. The van der Waals surface area contributed by atoms with Gasteiger partial charge in [-0.05, 0) is 24.5 Å². The van der Waals surface area contributed by atoms with E-state index in [1.165, 1.54) is 6.20 Å². The molecule has 0 bridgehead atoms. The third kappa shape index (κ3) is 2.09. The number of hydrogen-bond acceptors (Lipinski definition) is 4. The van der Waals surface area contributed by atoms with E-state index in [-0.39, 0.29) is 5.92 Å². The molecule has 2 aromatic heterocycles.